The van der Waals surface area contributed by atoms with Gasteiger partial charge in [-0.2, -0.15) is 0 Å². The van der Waals surface area contributed by atoms with Crippen LogP contribution in [0.5, 0.6) is 0 Å². The molecule has 2 aromatic carbocycles. The highest BCUT2D eigenvalue weighted by atomic mass is 19.2. The van der Waals surface area contributed by atoms with E-state index in [1.165, 1.54) is 12.1 Å². The Morgan fingerprint density at radius 2 is 1.76 bits per heavy atom. The Morgan fingerprint density at radius 3 is 2.62 bits per heavy atom. The second-order valence-electron chi connectivity index (χ2n) is 4.69. The summed E-state index contributed by atoms with van der Waals surface area (Å²) in [5, 5.41) is 0.836. The minimum atomic E-state index is -0.973. The first kappa shape index (κ1) is 13.4. The molecule has 0 spiro atoms. The smallest absolute Gasteiger partial charge is 0.169 e. The summed E-state index contributed by atoms with van der Waals surface area (Å²) in [6, 6.07) is 12.7. The van der Waals surface area contributed by atoms with Crippen LogP contribution in [0.15, 0.2) is 54.7 Å². The van der Waals surface area contributed by atoms with E-state index in [0.29, 0.717) is 11.1 Å². The third-order valence-corrected chi connectivity index (χ3v) is 3.32. The monoisotopic (exact) mass is 283 g/mol. The van der Waals surface area contributed by atoms with Crippen LogP contribution in [0.3, 0.4) is 0 Å². The van der Waals surface area contributed by atoms with Crippen molar-refractivity contribution in [1.82, 2.24) is 4.98 Å². The quantitative estimate of drug-likeness (QED) is 0.681. The first-order valence-electron chi connectivity index (χ1n) is 6.46. The van der Waals surface area contributed by atoms with E-state index in [-0.39, 0.29) is 17.8 Å². The molecule has 0 fully saturated rings. The molecule has 2 nitrogen and oxygen atoms in total. The van der Waals surface area contributed by atoms with Crippen LogP contribution in [-0.2, 0) is 6.42 Å². The summed E-state index contributed by atoms with van der Waals surface area (Å²) in [6.45, 7) is 0. The van der Waals surface area contributed by atoms with E-state index < -0.39 is 11.6 Å². The average molecular weight is 283 g/mol. The van der Waals surface area contributed by atoms with Crippen LogP contribution in [0.1, 0.15) is 15.9 Å². The van der Waals surface area contributed by atoms with Gasteiger partial charge in [0, 0.05) is 23.6 Å². The number of hydrogen-bond acceptors (Lipinski definition) is 2. The lowest BCUT2D eigenvalue weighted by atomic mass is 10.00. The number of carbonyl (C=O) groups excluding carboxylic acids is 1. The molecule has 0 atom stereocenters. The molecule has 4 heteroatoms. The van der Waals surface area contributed by atoms with Crippen molar-refractivity contribution >= 4 is 16.7 Å². The maximum atomic E-state index is 13.6. The van der Waals surface area contributed by atoms with Gasteiger partial charge in [-0.1, -0.05) is 30.3 Å². The third-order valence-electron chi connectivity index (χ3n) is 3.32. The number of nitrogens with zero attached hydrogens (tertiary/aromatic N) is 1. The van der Waals surface area contributed by atoms with Gasteiger partial charge in [0.15, 0.2) is 17.4 Å². The summed E-state index contributed by atoms with van der Waals surface area (Å²) in [5.41, 5.74) is 1.03. The maximum absolute atomic E-state index is 13.6. The molecule has 1 heterocycles. The summed E-state index contributed by atoms with van der Waals surface area (Å²) in [4.78, 5) is 16.6. The Kier molecular flexibility index (Phi) is 3.44. The fourth-order valence-corrected chi connectivity index (χ4v) is 2.28. The van der Waals surface area contributed by atoms with Crippen LogP contribution < -0.4 is 0 Å². The molecule has 21 heavy (non-hydrogen) atoms. The van der Waals surface area contributed by atoms with Gasteiger partial charge in [0.25, 0.3) is 0 Å². The minimum Gasteiger partial charge on any atom is -0.294 e. The number of rotatable bonds is 3. The highest BCUT2D eigenvalue weighted by Gasteiger charge is 2.15. The van der Waals surface area contributed by atoms with Crippen molar-refractivity contribution in [2.75, 3.05) is 0 Å². The molecule has 0 radical (unpaired) electrons. The lowest BCUT2D eigenvalue weighted by Gasteiger charge is -2.06. The van der Waals surface area contributed by atoms with Crippen molar-refractivity contribution in [1.29, 1.82) is 0 Å². The normalized spacial score (nSPS) is 10.8. The highest BCUT2D eigenvalue weighted by molar-refractivity contribution is 6.07. The molecular formula is C17H11F2NO. The first-order chi connectivity index (χ1) is 10.2. The van der Waals surface area contributed by atoms with Gasteiger partial charge < -0.3 is 0 Å². The Balaban J connectivity index is 2.00. The van der Waals surface area contributed by atoms with Crippen molar-refractivity contribution in [3.05, 3.63) is 77.5 Å². The maximum Gasteiger partial charge on any atom is 0.169 e. The average Bonchev–Trinajstić information content (AvgIpc) is 2.51. The van der Waals surface area contributed by atoms with E-state index in [0.717, 1.165) is 11.5 Å². The number of Topliss-reactive ketones (excluding diaryl/α,β-unsaturated/α-hetero) is 1. The van der Waals surface area contributed by atoms with E-state index in [2.05, 4.69) is 4.98 Å². The first-order valence-corrected chi connectivity index (χ1v) is 6.46. The van der Waals surface area contributed by atoms with Gasteiger partial charge in [0.05, 0.1) is 5.52 Å². The molecule has 0 aliphatic carbocycles. The van der Waals surface area contributed by atoms with Crippen molar-refractivity contribution in [3.8, 4) is 0 Å². The van der Waals surface area contributed by atoms with Gasteiger partial charge in [-0.05, 0) is 23.8 Å². The predicted molar refractivity (Wildman–Crippen MR) is 76.1 cm³/mol. The number of halogens is 2. The van der Waals surface area contributed by atoms with Gasteiger partial charge >= 0.3 is 0 Å². The van der Waals surface area contributed by atoms with E-state index in [1.807, 2.05) is 12.1 Å². The van der Waals surface area contributed by atoms with Gasteiger partial charge in [0.2, 0.25) is 0 Å². The van der Waals surface area contributed by atoms with Crippen molar-refractivity contribution in [2.24, 2.45) is 0 Å². The van der Waals surface area contributed by atoms with E-state index in [1.54, 1.807) is 24.4 Å². The van der Waals surface area contributed by atoms with E-state index in [4.69, 9.17) is 0 Å². The summed E-state index contributed by atoms with van der Waals surface area (Å²) in [7, 11) is 0. The van der Waals surface area contributed by atoms with Crippen LogP contribution in [-0.4, -0.2) is 10.8 Å². The van der Waals surface area contributed by atoms with Crippen molar-refractivity contribution < 1.29 is 13.6 Å². The summed E-state index contributed by atoms with van der Waals surface area (Å²) < 4.78 is 26.8. The number of fused-ring (bicyclic) bond motifs is 1. The zero-order valence-corrected chi connectivity index (χ0v) is 11.0. The molecule has 1 aromatic heterocycles. The molecule has 0 saturated heterocycles. The molecule has 0 saturated carbocycles. The van der Waals surface area contributed by atoms with Crippen molar-refractivity contribution in [3.63, 3.8) is 0 Å². The molecule has 0 unspecified atom stereocenters. The predicted octanol–water partition coefficient (Wildman–Crippen LogP) is 3.94. The third kappa shape index (κ3) is 2.52. The second-order valence-corrected chi connectivity index (χ2v) is 4.69. The second kappa shape index (κ2) is 5.40. The number of aromatic nitrogens is 1. The van der Waals surface area contributed by atoms with E-state index >= 15 is 0 Å². The Hall–Kier alpha value is -2.62. The lowest BCUT2D eigenvalue weighted by Crippen LogP contribution is -2.07. The minimum absolute atomic E-state index is 0.0490. The molecule has 0 N–H and O–H groups in total. The fraction of sp³-hybridized carbons (Fsp3) is 0.0588. The number of para-hydroxylation sites is 1. The summed E-state index contributed by atoms with van der Waals surface area (Å²) in [5.74, 6) is -2.21. The summed E-state index contributed by atoms with van der Waals surface area (Å²) in [6.07, 6.45) is 1.40. The molecule has 0 aliphatic heterocycles. The van der Waals surface area contributed by atoms with Crippen LogP contribution in [0.4, 0.5) is 8.78 Å². The topological polar surface area (TPSA) is 30.0 Å². The van der Waals surface area contributed by atoms with Crippen LogP contribution in [0, 0.1) is 11.6 Å². The number of hydrogen-bond donors (Lipinski definition) is 0. The van der Waals surface area contributed by atoms with Gasteiger partial charge in [0.1, 0.15) is 0 Å². The van der Waals surface area contributed by atoms with Crippen LogP contribution in [0.25, 0.3) is 10.9 Å². The zero-order chi connectivity index (χ0) is 14.8. The van der Waals surface area contributed by atoms with Crippen LogP contribution >= 0.6 is 0 Å². The zero-order valence-electron chi connectivity index (χ0n) is 11.0. The number of benzene rings is 2. The molecule has 3 rings (SSSR count). The number of pyridine rings is 1. The molecular weight excluding hydrogens is 272 g/mol. The van der Waals surface area contributed by atoms with Gasteiger partial charge in [-0.15, -0.1) is 0 Å². The van der Waals surface area contributed by atoms with E-state index in [9.17, 15) is 13.6 Å². The molecule has 0 amide bonds. The summed E-state index contributed by atoms with van der Waals surface area (Å²) >= 11 is 0. The van der Waals surface area contributed by atoms with Gasteiger partial charge in [-0.3, -0.25) is 9.78 Å². The number of carbonyl (C=O) groups is 1. The molecule has 0 bridgehead atoms. The molecule has 104 valence electrons. The van der Waals surface area contributed by atoms with Gasteiger partial charge in [-0.25, -0.2) is 8.78 Å². The lowest BCUT2D eigenvalue weighted by molar-refractivity contribution is 0.0993. The Morgan fingerprint density at radius 1 is 1.00 bits per heavy atom. The molecule has 0 aliphatic rings. The Labute approximate surface area is 120 Å². The largest absolute Gasteiger partial charge is 0.294 e. The fourth-order valence-electron chi connectivity index (χ4n) is 2.28. The molecule has 3 aromatic rings. The SMILES string of the molecule is O=C(Cc1cccc(F)c1F)c1cccc2cccnc12. The highest BCUT2D eigenvalue weighted by Crippen LogP contribution is 2.19. The van der Waals surface area contributed by atoms with Crippen LogP contribution in [0.2, 0.25) is 0 Å². The number of ketones is 1. The Bertz CT molecular complexity index is 825. The van der Waals surface area contributed by atoms with Crippen molar-refractivity contribution in [2.45, 2.75) is 6.42 Å². The standard InChI is InChI=1S/C17H11F2NO/c18-14-8-2-5-12(16(14)19)10-15(21)13-7-1-4-11-6-3-9-20-17(11)13/h1-9H,10H2.